The minimum atomic E-state index is -0.273. The molecule has 0 aliphatic heterocycles. The van der Waals surface area contributed by atoms with E-state index in [-0.39, 0.29) is 16.8 Å². The van der Waals surface area contributed by atoms with Gasteiger partial charge in [-0.05, 0) is 48.8 Å². The molecule has 0 aliphatic carbocycles. The number of carbonyl (C=O) groups is 2. The molecule has 3 N–H and O–H groups in total. The van der Waals surface area contributed by atoms with Gasteiger partial charge in [0.1, 0.15) is 6.29 Å². The predicted octanol–water partition coefficient (Wildman–Crippen LogP) is 4.42. The number of hydrogen-bond donors (Lipinski definition) is 3. The summed E-state index contributed by atoms with van der Waals surface area (Å²) in [5.74, 6) is -0.204. The van der Waals surface area contributed by atoms with Crippen LogP contribution in [0.4, 0.5) is 5.69 Å². The Bertz CT molecular complexity index is 921. The largest absolute Gasteiger partial charge is 0.398 e. The van der Waals surface area contributed by atoms with Crippen molar-refractivity contribution in [3.05, 3.63) is 81.9 Å². The molecule has 140 valence electrons. The van der Waals surface area contributed by atoms with Crippen LogP contribution < -0.4 is 10.5 Å². The van der Waals surface area contributed by atoms with Gasteiger partial charge in [0, 0.05) is 17.2 Å². The molecule has 0 radical (unpaired) electrons. The number of benzene rings is 2. The molecule has 0 fully saturated rings. The van der Waals surface area contributed by atoms with Crippen LogP contribution in [0.3, 0.4) is 0 Å². The normalized spacial score (nSPS) is 12.5. The van der Waals surface area contributed by atoms with Gasteiger partial charge in [-0.15, -0.1) is 0 Å². The van der Waals surface area contributed by atoms with E-state index in [0.717, 1.165) is 5.56 Å². The number of carbonyl (C=O) groups excluding carboxylic acids is 2. The molecule has 2 aromatic rings. The van der Waals surface area contributed by atoms with Crippen molar-refractivity contribution in [3.8, 4) is 0 Å². The maximum Gasteiger partial charge on any atom is 0.193 e. The second kappa shape index (κ2) is 9.04. The molecule has 0 unspecified atom stereocenters. The number of aryl methyl sites for hydroxylation is 1. The average molecular weight is 401 g/mol. The van der Waals surface area contributed by atoms with Gasteiger partial charge < -0.3 is 5.73 Å². The SMILES string of the molecule is C=C(/C(=C\C=O)[C@H](C)NS)c1cc(N)c(Cl)cc1C(=O)c1ccc(C)cc1. The molecule has 2 aromatic carbocycles. The first-order valence-electron chi connectivity index (χ1n) is 8.25. The summed E-state index contributed by atoms with van der Waals surface area (Å²) in [4.78, 5) is 24.2. The van der Waals surface area contributed by atoms with Gasteiger partial charge in [0.05, 0.1) is 10.7 Å². The van der Waals surface area contributed by atoms with Crippen LogP contribution in [-0.2, 0) is 4.79 Å². The summed E-state index contributed by atoms with van der Waals surface area (Å²) in [5, 5.41) is 0.281. The van der Waals surface area contributed by atoms with Crippen molar-refractivity contribution in [2.75, 3.05) is 5.73 Å². The third-order valence-corrected chi connectivity index (χ3v) is 4.99. The lowest BCUT2D eigenvalue weighted by atomic mass is 9.88. The quantitative estimate of drug-likeness (QED) is 0.161. The van der Waals surface area contributed by atoms with E-state index in [1.165, 1.54) is 12.1 Å². The topological polar surface area (TPSA) is 72.2 Å². The van der Waals surface area contributed by atoms with E-state index in [1.54, 1.807) is 18.2 Å². The number of nitrogen functional groups attached to an aromatic ring is 1. The van der Waals surface area contributed by atoms with Crippen LogP contribution in [0.5, 0.6) is 0 Å². The number of rotatable bonds is 7. The maximum atomic E-state index is 13.1. The molecule has 0 heterocycles. The van der Waals surface area contributed by atoms with Crippen molar-refractivity contribution in [2.45, 2.75) is 19.9 Å². The van der Waals surface area contributed by atoms with Gasteiger partial charge >= 0.3 is 0 Å². The second-order valence-electron chi connectivity index (χ2n) is 6.20. The van der Waals surface area contributed by atoms with Gasteiger partial charge in [-0.2, -0.15) is 0 Å². The zero-order chi connectivity index (χ0) is 20.1. The Morgan fingerprint density at radius 2 is 1.89 bits per heavy atom. The molecule has 1 atom stereocenters. The lowest BCUT2D eigenvalue weighted by Gasteiger charge is -2.20. The van der Waals surface area contributed by atoms with E-state index in [9.17, 15) is 9.59 Å². The van der Waals surface area contributed by atoms with Crippen LogP contribution in [0.1, 0.15) is 34.0 Å². The van der Waals surface area contributed by atoms with E-state index >= 15 is 0 Å². The van der Waals surface area contributed by atoms with Crippen molar-refractivity contribution >= 4 is 47.7 Å². The number of nitrogens with one attached hydrogen (secondary N) is 1. The molecule has 6 heteroatoms. The average Bonchev–Trinajstić information content (AvgIpc) is 2.66. The van der Waals surface area contributed by atoms with Crippen LogP contribution in [0, 0.1) is 6.92 Å². The first-order chi connectivity index (χ1) is 12.8. The van der Waals surface area contributed by atoms with Gasteiger partial charge in [0.2, 0.25) is 0 Å². The van der Waals surface area contributed by atoms with Gasteiger partial charge in [0.15, 0.2) is 5.78 Å². The Kier molecular flexibility index (Phi) is 7.02. The number of nitrogens with two attached hydrogens (primary N) is 1. The first kappa shape index (κ1) is 21.0. The van der Waals surface area contributed by atoms with E-state index in [1.807, 2.05) is 26.0 Å². The number of aldehydes is 1. The highest BCUT2D eigenvalue weighted by atomic mass is 35.5. The van der Waals surface area contributed by atoms with Crippen molar-refractivity contribution < 1.29 is 9.59 Å². The number of anilines is 1. The van der Waals surface area contributed by atoms with Crippen LogP contribution >= 0.6 is 24.4 Å². The third-order valence-electron chi connectivity index (χ3n) is 4.28. The zero-order valence-electron chi connectivity index (χ0n) is 15.1. The lowest BCUT2D eigenvalue weighted by molar-refractivity contribution is -0.104. The molecule has 0 amide bonds. The summed E-state index contributed by atoms with van der Waals surface area (Å²) in [7, 11) is 0. The summed E-state index contributed by atoms with van der Waals surface area (Å²) >= 11 is 10.2. The Balaban J connectivity index is 2.62. The third kappa shape index (κ3) is 4.69. The molecule has 0 bridgehead atoms. The Labute approximate surface area is 169 Å². The summed E-state index contributed by atoms with van der Waals surface area (Å²) in [5.41, 5.74) is 9.84. The van der Waals surface area contributed by atoms with Gasteiger partial charge in [-0.1, -0.05) is 60.8 Å². The minimum Gasteiger partial charge on any atom is -0.398 e. The number of ketones is 1. The highest BCUT2D eigenvalue weighted by Gasteiger charge is 2.21. The van der Waals surface area contributed by atoms with Gasteiger partial charge in [-0.25, -0.2) is 0 Å². The first-order valence-corrected chi connectivity index (χ1v) is 9.07. The lowest BCUT2D eigenvalue weighted by Crippen LogP contribution is -2.21. The van der Waals surface area contributed by atoms with E-state index in [4.69, 9.17) is 17.3 Å². The summed E-state index contributed by atoms with van der Waals surface area (Å²) in [6, 6.07) is 10.1. The molecule has 2 rings (SSSR count). The van der Waals surface area contributed by atoms with Crippen LogP contribution in [-0.4, -0.2) is 18.1 Å². The molecule has 0 saturated carbocycles. The summed E-state index contributed by atoms with van der Waals surface area (Å²) < 4.78 is 2.78. The standard InChI is InChI=1S/C21H21ClN2O2S/c1-12-4-6-15(7-5-12)21(26)18-10-19(22)20(23)11-17(18)13(2)16(8-9-25)14(3)24-27/h4-11,14,24,27H,2,23H2,1,3H3/b16-8+/t14-/m0/s1. The monoisotopic (exact) mass is 400 g/mol. The number of hydrogen-bond acceptors (Lipinski definition) is 5. The van der Waals surface area contributed by atoms with Gasteiger partial charge in [-0.3, -0.25) is 14.3 Å². The fourth-order valence-electron chi connectivity index (χ4n) is 2.69. The Hall–Kier alpha value is -2.34. The number of halogens is 1. The van der Waals surface area contributed by atoms with Crippen molar-refractivity contribution in [1.29, 1.82) is 0 Å². The number of allylic oxidation sites excluding steroid dienone is 1. The molecule has 0 saturated heterocycles. The molecule has 4 nitrogen and oxygen atoms in total. The summed E-state index contributed by atoms with van der Waals surface area (Å²) in [6.45, 7) is 7.86. The molecule has 0 aromatic heterocycles. The zero-order valence-corrected chi connectivity index (χ0v) is 16.8. The predicted molar refractivity (Wildman–Crippen MR) is 115 cm³/mol. The van der Waals surface area contributed by atoms with Crippen LogP contribution in [0.2, 0.25) is 5.02 Å². The molecule has 0 spiro atoms. The fraction of sp³-hybridized carbons (Fsp3) is 0.143. The highest BCUT2D eigenvalue weighted by molar-refractivity contribution is 7.78. The van der Waals surface area contributed by atoms with Crippen molar-refractivity contribution in [2.24, 2.45) is 0 Å². The second-order valence-corrected chi connectivity index (χ2v) is 6.87. The van der Waals surface area contributed by atoms with Crippen LogP contribution in [0.15, 0.2) is 54.6 Å². The van der Waals surface area contributed by atoms with Crippen LogP contribution in [0.25, 0.3) is 5.57 Å². The molecule has 0 aliphatic rings. The molecular formula is C21H21ClN2O2S. The maximum absolute atomic E-state index is 13.1. The molecule has 27 heavy (non-hydrogen) atoms. The minimum absolute atomic E-state index is 0.204. The van der Waals surface area contributed by atoms with Gasteiger partial charge in [0.25, 0.3) is 0 Å². The fourth-order valence-corrected chi connectivity index (χ4v) is 3.00. The van der Waals surface area contributed by atoms with Crippen molar-refractivity contribution in [3.63, 3.8) is 0 Å². The number of thiol groups is 1. The van der Waals surface area contributed by atoms with E-state index in [0.29, 0.717) is 39.8 Å². The Morgan fingerprint density at radius 3 is 2.44 bits per heavy atom. The highest BCUT2D eigenvalue weighted by Crippen LogP contribution is 2.33. The van der Waals surface area contributed by atoms with Crippen molar-refractivity contribution in [1.82, 2.24) is 4.72 Å². The smallest absolute Gasteiger partial charge is 0.193 e. The molecular weight excluding hydrogens is 380 g/mol. The van der Waals surface area contributed by atoms with E-state index < -0.39 is 0 Å². The Morgan fingerprint density at radius 1 is 1.26 bits per heavy atom. The summed E-state index contributed by atoms with van der Waals surface area (Å²) in [6.07, 6.45) is 2.06. The van der Waals surface area contributed by atoms with E-state index in [2.05, 4.69) is 24.1 Å².